The minimum atomic E-state index is -5.91. The third-order valence-electron chi connectivity index (χ3n) is 1.00. The van der Waals surface area contributed by atoms with Crippen LogP contribution in [-0.2, 0) is 9.53 Å². The number of hydrogen-bond acceptors (Lipinski definition) is 2. The summed E-state index contributed by atoms with van der Waals surface area (Å²) in [6, 6.07) is 0. The van der Waals surface area contributed by atoms with Crippen molar-refractivity contribution in [3.05, 3.63) is 0 Å². The first-order valence-corrected chi connectivity index (χ1v) is 2.93. The first-order chi connectivity index (χ1) is 5.58. The van der Waals surface area contributed by atoms with Crippen LogP contribution in [0.25, 0.3) is 0 Å². The first-order valence-electron chi connectivity index (χ1n) is 2.93. The second-order valence-electron chi connectivity index (χ2n) is 2.11. The Morgan fingerprint density at radius 1 is 1.29 bits per heavy atom. The van der Waals surface area contributed by atoms with E-state index in [2.05, 4.69) is 4.74 Å². The molecule has 0 bridgehead atoms. The molecule has 0 heterocycles. The minimum absolute atomic E-state index is 0. The topological polar surface area (TPSA) is 46.5 Å². The zero-order valence-electron chi connectivity index (χ0n) is 6.64. The van der Waals surface area contributed by atoms with Gasteiger partial charge >= 0.3 is 18.3 Å². The molecular weight excluding hydrogens is 222 g/mol. The van der Waals surface area contributed by atoms with E-state index in [9.17, 15) is 26.7 Å². The van der Waals surface area contributed by atoms with Crippen molar-refractivity contribution in [3.63, 3.8) is 0 Å². The average Bonchev–Trinajstić information content (AvgIpc) is 1.83. The lowest BCUT2D eigenvalue weighted by Gasteiger charge is -2.21. The molecule has 1 atom stereocenters. The standard InChI is InChI=1S/C5H5F5O3.FH/c1-2(3(11)12)13-5(9,10)4(6,7)8;/h2H,1H3,(H,11,12);1H. The predicted molar refractivity (Wildman–Crippen MR) is 31.7 cm³/mol. The Bertz CT molecular complexity index is 200. The molecule has 0 rings (SSSR count). The maximum atomic E-state index is 11.9. The molecule has 14 heavy (non-hydrogen) atoms. The molecule has 1 N–H and O–H groups in total. The molecule has 0 spiro atoms. The normalized spacial score (nSPS) is 14.4. The highest BCUT2D eigenvalue weighted by Gasteiger charge is 2.60. The molecule has 9 heteroatoms. The van der Waals surface area contributed by atoms with E-state index in [1.54, 1.807) is 0 Å². The average molecular weight is 228 g/mol. The minimum Gasteiger partial charge on any atom is -0.479 e. The Hall–Kier alpha value is -0.990. The Morgan fingerprint density at radius 3 is 1.86 bits per heavy atom. The van der Waals surface area contributed by atoms with Gasteiger partial charge in [0, 0.05) is 0 Å². The van der Waals surface area contributed by atoms with Gasteiger partial charge in [0.05, 0.1) is 0 Å². The largest absolute Gasteiger partial charge is 0.482 e. The van der Waals surface area contributed by atoms with Crippen LogP contribution in [0.15, 0.2) is 0 Å². The molecule has 0 radical (unpaired) electrons. The third kappa shape index (κ3) is 3.81. The molecule has 0 aromatic carbocycles. The van der Waals surface area contributed by atoms with E-state index in [1.165, 1.54) is 0 Å². The van der Waals surface area contributed by atoms with Gasteiger partial charge in [-0.05, 0) is 6.92 Å². The van der Waals surface area contributed by atoms with E-state index < -0.39 is 24.4 Å². The third-order valence-corrected chi connectivity index (χ3v) is 1.00. The second-order valence-corrected chi connectivity index (χ2v) is 2.11. The maximum absolute atomic E-state index is 11.9. The van der Waals surface area contributed by atoms with E-state index in [-0.39, 0.29) is 4.70 Å². The number of rotatable bonds is 3. The van der Waals surface area contributed by atoms with Gasteiger partial charge in [-0.15, -0.1) is 0 Å². The van der Waals surface area contributed by atoms with Crippen molar-refractivity contribution in [3.8, 4) is 0 Å². The van der Waals surface area contributed by atoms with Gasteiger partial charge in [0.15, 0.2) is 6.10 Å². The Kier molecular flexibility index (Phi) is 4.96. The predicted octanol–water partition coefficient (Wildman–Crippen LogP) is 1.78. The Morgan fingerprint density at radius 2 is 1.64 bits per heavy atom. The number of alkyl halides is 5. The van der Waals surface area contributed by atoms with Crippen LogP contribution < -0.4 is 0 Å². The van der Waals surface area contributed by atoms with Gasteiger partial charge in [0.25, 0.3) is 0 Å². The van der Waals surface area contributed by atoms with Gasteiger partial charge in [0.2, 0.25) is 0 Å². The van der Waals surface area contributed by atoms with Crippen molar-refractivity contribution in [2.45, 2.75) is 25.3 Å². The summed E-state index contributed by atoms with van der Waals surface area (Å²) in [7, 11) is 0. The van der Waals surface area contributed by atoms with Crippen LogP contribution in [0.3, 0.4) is 0 Å². The van der Waals surface area contributed by atoms with Crippen LogP contribution in [-0.4, -0.2) is 29.5 Å². The van der Waals surface area contributed by atoms with Crippen molar-refractivity contribution in [1.29, 1.82) is 0 Å². The van der Waals surface area contributed by atoms with Gasteiger partial charge in [-0.25, -0.2) is 4.79 Å². The SMILES string of the molecule is CC(OC(F)(F)C(F)(F)F)C(=O)O.F. The fourth-order valence-corrected chi connectivity index (χ4v) is 0.339. The molecule has 0 aromatic heterocycles. The molecule has 0 aliphatic rings. The summed E-state index contributed by atoms with van der Waals surface area (Å²) >= 11 is 0. The molecule has 86 valence electrons. The maximum Gasteiger partial charge on any atom is 0.482 e. The highest BCUT2D eigenvalue weighted by atomic mass is 19.4. The zero-order chi connectivity index (χ0) is 10.9. The van der Waals surface area contributed by atoms with Crippen molar-refractivity contribution in [2.75, 3.05) is 0 Å². The van der Waals surface area contributed by atoms with Crippen LogP contribution >= 0.6 is 0 Å². The van der Waals surface area contributed by atoms with E-state index >= 15 is 0 Å². The van der Waals surface area contributed by atoms with E-state index in [4.69, 9.17) is 5.11 Å². The molecular formula is C5H6F6O3. The van der Waals surface area contributed by atoms with Crippen molar-refractivity contribution >= 4 is 5.97 Å². The number of carbonyl (C=O) groups is 1. The van der Waals surface area contributed by atoms with Crippen LogP contribution in [0.2, 0.25) is 0 Å². The lowest BCUT2D eigenvalue weighted by atomic mass is 10.4. The summed E-state index contributed by atoms with van der Waals surface area (Å²) < 4.78 is 61.0. The Labute approximate surface area is 73.8 Å². The molecule has 0 aliphatic heterocycles. The molecule has 0 aliphatic carbocycles. The van der Waals surface area contributed by atoms with Crippen molar-refractivity contribution in [1.82, 2.24) is 0 Å². The molecule has 0 amide bonds. The lowest BCUT2D eigenvalue weighted by molar-refractivity contribution is -0.398. The summed E-state index contributed by atoms with van der Waals surface area (Å²) in [5, 5.41) is 7.99. The van der Waals surface area contributed by atoms with Crippen LogP contribution in [0.5, 0.6) is 0 Å². The van der Waals surface area contributed by atoms with Crippen LogP contribution in [0, 0.1) is 0 Å². The van der Waals surface area contributed by atoms with Crippen LogP contribution in [0.4, 0.5) is 26.7 Å². The number of carboxylic acids is 1. The summed E-state index contributed by atoms with van der Waals surface area (Å²) in [5.41, 5.74) is 0. The lowest BCUT2D eigenvalue weighted by Crippen LogP contribution is -2.43. The van der Waals surface area contributed by atoms with Gasteiger partial charge < -0.3 is 5.11 Å². The monoisotopic (exact) mass is 228 g/mol. The van der Waals surface area contributed by atoms with Crippen molar-refractivity contribution in [2.24, 2.45) is 0 Å². The summed E-state index contributed by atoms with van der Waals surface area (Å²) in [6.07, 6.45) is -13.6. The van der Waals surface area contributed by atoms with E-state index in [1.807, 2.05) is 0 Å². The smallest absolute Gasteiger partial charge is 0.479 e. The molecule has 0 aromatic rings. The van der Waals surface area contributed by atoms with Crippen molar-refractivity contribution < 1.29 is 41.3 Å². The summed E-state index contributed by atoms with van der Waals surface area (Å²) in [4.78, 5) is 9.88. The quantitative estimate of drug-likeness (QED) is 0.749. The molecule has 0 fully saturated rings. The fraction of sp³-hybridized carbons (Fsp3) is 0.800. The van der Waals surface area contributed by atoms with Gasteiger partial charge in [-0.2, -0.15) is 22.0 Å². The fourth-order valence-electron chi connectivity index (χ4n) is 0.339. The van der Waals surface area contributed by atoms with Crippen LogP contribution in [0.1, 0.15) is 6.92 Å². The van der Waals surface area contributed by atoms with Gasteiger partial charge in [-0.3, -0.25) is 9.44 Å². The zero-order valence-corrected chi connectivity index (χ0v) is 6.64. The number of halogens is 6. The highest BCUT2D eigenvalue weighted by molar-refractivity contribution is 5.71. The number of ether oxygens (including phenoxy) is 1. The Balaban J connectivity index is 0. The number of hydrogen-bond donors (Lipinski definition) is 1. The second kappa shape index (κ2) is 4.49. The number of carboxylic acid groups (broad SMARTS) is 1. The van der Waals surface area contributed by atoms with E-state index in [0.717, 1.165) is 0 Å². The summed E-state index contributed by atoms with van der Waals surface area (Å²) in [5.74, 6) is -1.90. The molecule has 3 nitrogen and oxygen atoms in total. The number of aliphatic carboxylic acids is 1. The van der Waals surface area contributed by atoms with Gasteiger partial charge in [0.1, 0.15) is 0 Å². The molecule has 1 unspecified atom stereocenters. The molecule has 0 saturated heterocycles. The van der Waals surface area contributed by atoms with E-state index in [0.29, 0.717) is 6.92 Å². The van der Waals surface area contributed by atoms with Gasteiger partial charge in [-0.1, -0.05) is 0 Å². The summed E-state index contributed by atoms with van der Waals surface area (Å²) in [6.45, 7) is 0.571. The molecule has 0 saturated carbocycles. The highest BCUT2D eigenvalue weighted by Crippen LogP contribution is 2.37. The first kappa shape index (κ1) is 15.5.